The number of unbranched alkanes of at least 4 members (excludes halogenated alkanes) is 23. The van der Waals surface area contributed by atoms with Crippen molar-refractivity contribution in [1.82, 2.24) is 0 Å². The van der Waals surface area contributed by atoms with E-state index in [1.54, 1.807) is 12.2 Å². The van der Waals surface area contributed by atoms with Crippen molar-refractivity contribution in [2.45, 2.75) is 225 Å². The monoisotopic (exact) mass is 973 g/mol. The van der Waals surface area contributed by atoms with Crippen molar-refractivity contribution in [1.29, 1.82) is 0 Å². The van der Waals surface area contributed by atoms with Crippen LogP contribution in [0.3, 0.4) is 0 Å². The number of likely N-dealkylation sites (N-methyl/N-ethyl adjacent to an activating group) is 1. The molecule has 68 heavy (non-hydrogen) atoms. The summed E-state index contributed by atoms with van der Waals surface area (Å²) in [4.78, 5) is 35.4. The van der Waals surface area contributed by atoms with Gasteiger partial charge in [0.05, 0.1) is 40.6 Å². The lowest BCUT2D eigenvalue weighted by atomic mass is 10.0. The van der Waals surface area contributed by atoms with Gasteiger partial charge in [-0.1, -0.05) is 234 Å². The zero-order chi connectivity index (χ0) is 49.9. The molecule has 0 radical (unpaired) electrons. The molecular weight excluding hydrogens is 870 g/mol. The second kappa shape index (κ2) is 49.2. The lowest BCUT2D eigenvalue weighted by Gasteiger charge is -2.24. The fourth-order valence-electron chi connectivity index (χ4n) is 7.22. The molecule has 10 heteroatoms. The highest BCUT2D eigenvalue weighted by Gasteiger charge is 2.26. The smallest absolute Gasteiger partial charge is 0.461 e. The summed E-state index contributed by atoms with van der Waals surface area (Å²) in [5, 5.41) is 0. The van der Waals surface area contributed by atoms with Gasteiger partial charge >= 0.3 is 19.8 Å². The Morgan fingerprint density at radius 1 is 0.456 bits per heavy atom. The molecule has 0 aromatic rings. The number of hydrogen-bond donors (Lipinski definition) is 1. The Kier molecular flexibility index (Phi) is 47.2. The second-order valence-corrected chi connectivity index (χ2v) is 20.7. The van der Waals surface area contributed by atoms with Gasteiger partial charge < -0.3 is 18.9 Å². The van der Waals surface area contributed by atoms with E-state index in [1.807, 2.05) is 33.3 Å². The maximum Gasteiger partial charge on any atom is 0.472 e. The molecule has 0 aromatic carbocycles. The number of quaternary nitrogens is 1. The van der Waals surface area contributed by atoms with Crippen molar-refractivity contribution >= 4 is 19.8 Å². The summed E-state index contributed by atoms with van der Waals surface area (Å²) in [7, 11) is 1.38. The Labute approximate surface area is 418 Å². The van der Waals surface area contributed by atoms with Gasteiger partial charge in [0, 0.05) is 0 Å². The number of nitrogens with zero attached hydrogens (tertiary/aromatic N) is 1. The van der Waals surface area contributed by atoms with E-state index in [2.05, 4.69) is 74.6 Å². The van der Waals surface area contributed by atoms with Gasteiger partial charge in [0.15, 0.2) is 6.10 Å². The summed E-state index contributed by atoms with van der Waals surface area (Å²) in [6, 6.07) is 0. The fourth-order valence-corrected chi connectivity index (χ4v) is 7.96. The number of hydrogen-bond acceptors (Lipinski definition) is 7. The first-order valence-corrected chi connectivity index (χ1v) is 28.8. The topological polar surface area (TPSA) is 108 Å². The number of allylic oxidation sites excluding steroid dienone is 12. The molecule has 9 nitrogen and oxygen atoms in total. The van der Waals surface area contributed by atoms with Crippen LogP contribution in [0.4, 0.5) is 0 Å². The molecule has 0 saturated carbocycles. The number of phosphoric acid groups is 1. The lowest BCUT2D eigenvalue weighted by Crippen LogP contribution is -2.37. The van der Waals surface area contributed by atoms with Crippen LogP contribution in [-0.2, 0) is 32.7 Å². The van der Waals surface area contributed by atoms with E-state index < -0.39 is 32.5 Å². The van der Waals surface area contributed by atoms with Crippen LogP contribution in [0.1, 0.15) is 219 Å². The Morgan fingerprint density at radius 2 is 0.794 bits per heavy atom. The van der Waals surface area contributed by atoms with Crippen molar-refractivity contribution in [2.24, 2.45) is 0 Å². The largest absolute Gasteiger partial charge is 0.472 e. The van der Waals surface area contributed by atoms with Crippen molar-refractivity contribution in [3.63, 3.8) is 0 Å². The van der Waals surface area contributed by atoms with Gasteiger partial charge in [0.1, 0.15) is 19.8 Å². The van der Waals surface area contributed by atoms with E-state index in [4.69, 9.17) is 18.5 Å². The van der Waals surface area contributed by atoms with E-state index in [0.29, 0.717) is 23.9 Å². The van der Waals surface area contributed by atoms with Gasteiger partial charge in [-0.3, -0.25) is 18.6 Å². The third-order valence-electron chi connectivity index (χ3n) is 11.5. The zero-order valence-corrected chi connectivity index (χ0v) is 45.2. The number of esters is 2. The highest BCUT2D eigenvalue weighted by molar-refractivity contribution is 7.47. The summed E-state index contributed by atoms with van der Waals surface area (Å²) in [6.07, 6.45) is 65.8. The van der Waals surface area contributed by atoms with Crippen LogP contribution < -0.4 is 0 Å². The first kappa shape index (κ1) is 65.2. The molecule has 0 aliphatic rings. The molecule has 1 unspecified atom stereocenters. The minimum atomic E-state index is -4.43. The van der Waals surface area contributed by atoms with Crippen molar-refractivity contribution < 1.29 is 42.1 Å². The summed E-state index contributed by atoms with van der Waals surface area (Å²) in [6.45, 7) is 4.24. The Bertz CT molecular complexity index is 1420. The van der Waals surface area contributed by atoms with Gasteiger partial charge in [-0.15, -0.1) is 0 Å². The average Bonchev–Trinajstić information content (AvgIpc) is 3.30. The lowest BCUT2D eigenvalue weighted by molar-refractivity contribution is -0.870. The summed E-state index contributed by atoms with van der Waals surface area (Å²) in [5.74, 6) is -1.08. The van der Waals surface area contributed by atoms with Crippen molar-refractivity contribution in [3.05, 3.63) is 85.1 Å². The van der Waals surface area contributed by atoms with Crippen LogP contribution in [0.25, 0.3) is 0 Å². The zero-order valence-electron chi connectivity index (χ0n) is 44.3. The molecular formula is C58H103NO8P+. The SMILES string of the molecule is CCCCCCCCCCCCC=CCC=CCC=CCC=CCC(=O)OC[C@H](COP(=O)(O)OCC[N+](C)(C)C)OC(=O)CC=CCC=CCC=CCCCCCCCCCCCCCCC. The molecule has 0 aliphatic heterocycles. The highest BCUT2D eigenvalue weighted by atomic mass is 31.2. The molecule has 0 amide bonds. The van der Waals surface area contributed by atoms with Crippen molar-refractivity contribution in [3.8, 4) is 0 Å². The standard InChI is InChI=1S/C58H102NO8P/c1-6-8-10-12-14-16-18-20-22-24-26-28-30-32-34-36-38-40-42-44-46-48-50-57(60)64-54-56(55-66-68(62,63)65-53-52-59(3,4)5)67-58(61)51-49-47-45-43-41-39-37-35-33-31-29-27-25-23-21-19-17-15-13-11-9-7-2/h28,30,34-37,40-43,46-49,56H,6-27,29,31-33,38-39,44-45,50-55H2,1-5H3/p+1/t56-/m1/s1. The number of rotatable bonds is 49. The molecule has 0 fully saturated rings. The number of carbonyl (C=O) groups excluding carboxylic acids is 2. The highest BCUT2D eigenvalue weighted by Crippen LogP contribution is 2.43. The van der Waals surface area contributed by atoms with E-state index in [-0.39, 0.29) is 26.1 Å². The number of phosphoric ester groups is 1. The van der Waals surface area contributed by atoms with Gasteiger partial charge in [0.2, 0.25) is 0 Å². The first-order valence-electron chi connectivity index (χ1n) is 27.3. The van der Waals surface area contributed by atoms with Crippen LogP contribution in [0.5, 0.6) is 0 Å². The quantitative estimate of drug-likeness (QED) is 0.0211. The van der Waals surface area contributed by atoms with Crippen LogP contribution in [-0.4, -0.2) is 74.9 Å². The van der Waals surface area contributed by atoms with Crippen molar-refractivity contribution in [2.75, 3.05) is 47.5 Å². The normalized spacial score (nSPS) is 14.0. The molecule has 0 rings (SSSR count). The number of ether oxygens (including phenoxy) is 2. The van der Waals surface area contributed by atoms with Gasteiger partial charge in [-0.2, -0.15) is 0 Å². The average molecular weight is 973 g/mol. The van der Waals surface area contributed by atoms with E-state index >= 15 is 0 Å². The summed E-state index contributed by atoms with van der Waals surface area (Å²) < 4.78 is 34.2. The minimum absolute atomic E-state index is 0.00110. The third kappa shape index (κ3) is 52.6. The third-order valence-corrected chi connectivity index (χ3v) is 12.4. The van der Waals surface area contributed by atoms with Crippen LogP contribution in [0, 0.1) is 0 Å². The molecule has 0 spiro atoms. The molecule has 392 valence electrons. The minimum Gasteiger partial charge on any atom is -0.461 e. The summed E-state index contributed by atoms with van der Waals surface area (Å²) >= 11 is 0. The van der Waals surface area contributed by atoms with E-state index in [9.17, 15) is 19.0 Å². The molecule has 1 N–H and O–H groups in total. The molecule has 0 saturated heterocycles. The van der Waals surface area contributed by atoms with E-state index in [1.165, 1.54) is 154 Å². The predicted molar refractivity (Wildman–Crippen MR) is 289 cm³/mol. The van der Waals surface area contributed by atoms with Gasteiger partial charge in [-0.25, -0.2) is 4.57 Å². The Morgan fingerprint density at radius 3 is 1.18 bits per heavy atom. The van der Waals surface area contributed by atoms with Crippen LogP contribution >= 0.6 is 7.82 Å². The molecule has 0 heterocycles. The van der Waals surface area contributed by atoms with E-state index in [0.717, 1.165) is 25.7 Å². The second-order valence-electron chi connectivity index (χ2n) is 19.3. The van der Waals surface area contributed by atoms with Crippen LogP contribution in [0.2, 0.25) is 0 Å². The first-order chi connectivity index (χ1) is 33.0. The predicted octanol–water partition coefficient (Wildman–Crippen LogP) is 16.7. The number of carbonyl (C=O) groups is 2. The summed E-state index contributed by atoms with van der Waals surface area (Å²) in [5.41, 5.74) is 0. The van der Waals surface area contributed by atoms with Gasteiger partial charge in [0.25, 0.3) is 0 Å². The maximum atomic E-state index is 12.7. The molecule has 0 bridgehead atoms. The maximum absolute atomic E-state index is 12.7. The molecule has 2 atom stereocenters. The molecule has 0 aliphatic carbocycles. The Balaban J connectivity index is 4.45. The molecule has 0 aromatic heterocycles. The fraction of sp³-hybridized carbons (Fsp3) is 0.724. The van der Waals surface area contributed by atoms with Gasteiger partial charge in [-0.05, 0) is 57.8 Å². The Hall–Kier alpha value is -2.81. The van der Waals surface area contributed by atoms with Crippen LogP contribution in [0.15, 0.2) is 85.1 Å².